The molecule has 1 N–H and O–H groups in total. The number of hydrogen-bond acceptors (Lipinski definition) is 5. The first-order chi connectivity index (χ1) is 12.4. The molecule has 0 saturated heterocycles. The number of aryl methyl sites for hydroxylation is 2. The van der Waals surface area contributed by atoms with Gasteiger partial charge >= 0.3 is 0 Å². The predicted octanol–water partition coefficient (Wildman–Crippen LogP) is 3.11. The average Bonchev–Trinajstić information content (AvgIpc) is 3.10. The Morgan fingerprint density at radius 2 is 1.92 bits per heavy atom. The van der Waals surface area contributed by atoms with Gasteiger partial charge in [-0.3, -0.25) is 4.79 Å². The minimum Gasteiger partial charge on any atom is -0.354 e. The number of rotatable bonds is 9. The molecule has 2 rings (SSSR count). The van der Waals surface area contributed by atoms with Crippen LogP contribution in [-0.2, 0) is 17.6 Å². The van der Waals surface area contributed by atoms with E-state index in [4.69, 9.17) is 4.52 Å². The molecule has 1 heterocycles. The second kappa shape index (κ2) is 9.48. The van der Waals surface area contributed by atoms with Crippen molar-refractivity contribution < 1.29 is 9.32 Å². The number of benzene rings is 1. The van der Waals surface area contributed by atoms with E-state index in [2.05, 4.69) is 51.5 Å². The maximum Gasteiger partial charge on any atom is 0.227 e. The zero-order valence-corrected chi connectivity index (χ0v) is 16.5. The molecule has 0 aliphatic carbocycles. The fourth-order valence-corrected chi connectivity index (χ4v) is 2.70. The van der Waals surface area contributed by atoms with Crippen LogP contribution in [0.2, 0.25) is 0 Å². The van der Waals surface area contributed by atoms with Crippen molar-refractivity contribution in [2.45, 2.75) is 52.0 Å². The number of amides is 1. The Labute approximate surface area is 156 Å². The highest BCUT2D eigenvalue weighted by atomic mass is 16.5. The van der Waals surface area contributed by atoms with Crippen molar-refractivity contribution in [2.24, 2.45) is 0 Å². The first kappa shape index (κ1) is 20.1. The van der Waals surface area contributed by atoms with Gasteiger partial charge in [-0.05, 0) is 31.6 Å². The summed E-state index contributed by atoms with van der Waals surface area (Å²) >= 11 is 0. The molecule has 6 nitrogen and oxygen atoms in total. The highest BCUT2D eigenvalue weighted by molar-refractivity contribution is 5.76. The van der Waals surface area contributed by atoms with E-state index >= 15 is 0 Å². The topological polar surface area (TPSA) is 71.3 Å². The zero-order chi connectivity index (χ0) is 19.1. The molecule has 1 amide bonds. The molecule has 0 fully saturated rings. The smallest absolute Gasteiger partial charge is 0.227 e. The van der Waals surface area contributed by atoms with Gasteiger partial charge in [0.1, 0.15) is 0 Å². The fourth-order valence-electron chi connectivity index (χ4n) is 2.70. The summed E-state index contributed by atoms with van der Waals surface area (Å²) in [6, 6.07) is 8.72. The van der Waals surface area contributed by atoms with Crippen LogP contribution in [-0.4, -0.2) is 41.6 Å². The lowest BCUT2D eigenvalue weighted by Crippen LogP contribution is -2.34. The number of aromatic nitrogens is 2. The highest BCUT2D eigenvalue weighted by Gasteiger charge is 2.16. The van der Waals surface area contributed by atoms with Gasteiger partial charge in [-0.25, -0.2) is 0 Å². The van der Waals surface area contributed by atoms with E-state index in [1.807, 2.05) is 27.9 Å². The second-order valence-electron chi connectivity index (χ2n) is 7.08. The molecule has 1 atom stereocenters. The van der Waals surface area contributed by atoms with Crippen LogP contribution in [0.4, 0.5) is 0 Å². The minimum atomic E-state index is -0.00803. The van der Waals surface area contributed by atoms with Crippen LogP contribution in [0.15, 0.2) is 28.8 Å². The highest BCUT2D eigenvalue weighted by Crippen LogP contribution is 2.18. The number of hydrogen-bond donors (Lipinski definition) is 1. The van der Waals surface area contributed by atoms with Gasteiger partial charge in [-0.2, -0.15) is 4.98 Å². The minimum absolute atomic E-state index is 0.00803. The molecule has 0 saturated carbocycles. The van der Waals surface area contributed by atoms with Crippen molar-refractivity contribution in [3.05, 3.63) is 47.1 Å². The monoisotopic (exact) mass is 358 g/mol. The Hall–Kier alpha value is -2.21. The molecule has 2 aromatic rings. The predicted molar refractivity (Wildman–Crippen MR) is 102 cm³/mol. The normalized spacial score (nSPS) is 12.6. The standard InChI is InChI=1S/C20H30N4O2/c1-6-15-7-9-16(10-8-15)17(24(4)5)13-21-18(25)11-12-19-22-20(14(2)3)23-26-19/h7-10,14,17H,6,11-13H2,1-5H3,(H,21,25). The molecule has 1 aromatic heterocycles. The Balaban J connectivity index is 1.86. The Bertz CT molecular complexity index is 692. The quantitative estimate of drug-likeness (QED) is 0.746. The molecule has 0 spiro atoms. The third kappa shape index (κ3) is 5.66. The largest absolute Gasteiger partial charge is 0.354 e. The summed E-state index contributed by atoms with van der Waals surface area (Å²) < 4.78 is 5.18. The van der Waals surface area contributed by atoms with E-state index in [1.165, 1.54) is 11.1 Å². The Morgan fingerprint density at radius 1 is 1.23 bits per heavy atom. The second-order valence-corrected chi connectivity index (χ2v) is 7.08. The van der Waals surface area contributed by atoms with Crippen molar-refractivity contribution in [1.82, 2.24) is 20.4 Å². The summed E-state index contributed by atoms with van der Waals surface area (Å²) in [5, 5.41) is 6.94. The van der Waals surface area contributed by atoms with Crippen LogP contribution < -0.4 is 5.32 Å². The van der Waals surface area contributed by atoms with Crippen LogP contribution in [0.1, 0.15) is 62.0 Å². The van der Waals surface area contributed by atoms with Crippen LogP contribution in [0.3, 0.4) is 0 Å². The van der Waals surface area contributed by atoms with Gasteiger partial charge in [0.05, 0.1) is 6.04 Å². The fraction of sp³-hybridized carbons (Fsp3) is 0.550. The van der Waals surface area contributed by atoms with E-state index in [1.54, 1.807) is 0 Å². The Morgan fingerprint density at radius 3 is 2.46 bits per heavy atom. The molecule has 0 aliphatic heterocycles. The van der Waals surface area contributed by atoms with E-state index in [-0.39, 0.29) is 17.9 Å². The lowest BCUT2D eigenvalue weighted by molar-refractivity contribution is -0.121. The van der Waals surface area contributed by atoms with Crippen molar-refractivity contribution in [2.75, 3.05) is 20.6 Å². The summed E-state index contributed by atoms with van der Waals surface area (Å²) in [6.07, 6.45) is 1.83. The van der Waals surface area contributed by atoms with Gasteiger partial charge in [-0.15, -0.1) is 0 Å². The van der Waals surface area contributed by atoms with Gasteiger partial charge in [-0.1, -0.05) is 50.2 Å². The molecule has 1 unspecified atom stereocenters. The third-order valence-electron chi connectivity index (χ3n) is 4.45. The van der Waals surface area contributed by atoms with Gasteiger partial charge < -0.3 is 14.7 Å². The summed E-state index contributed by atoms with van der Waals surface area (Å²) in [5.41, 5.74) is 2.52. The number of likely N-dealkylation sites (N-methyl/N-ethyl adjacent to an activating group) is 1. The first-order valence-corrected chi connectivity index (χ1v) is 9.25. The van der Waals surface area contributed by atoms with Crippen LogP contribution >= 0.6 is 0 Å². The Kier molecular flexibility index (Phi) is 7.33. The van der Waals surface area contributed by atoms with E-state index in [0.717, 1.165) is 6.42 Å². The first-order valence-electron chi connectivity index (χ1n) is 9.25. The third-order valence-corrected chi connectivity index (χ3v) is 4.45. The molecule has 142 valence electrons. The summed E-state index contributed by atoms with van der Waals surface area (Å²) in [7, 11) is 4.05. The molecule has 0 bridgehead atoms. The number of carbonyl (C=O) groups excluding carboxylic acids is 1. The summed E-state index contributed by atoms with van der Waals surface area (Å²) in [4.78, 5) is 18.6. The lowest BCUT2D eigenvalue weighted by Gasteiger charge is -2.25. The van der Waals surface area contributed by atoms with Crippen molar-refractivity contribution >= 4 is 5.91 Å². The lowest BCUT2D eigenvalue weighted by atomic mass is 10.0. The van der Waals surface area contributed by atoms with Gasteiger partial charge in [0.15, 0.2) is 5.82 Å². The van der Waals surface area contributed by atoms with Gasteiger partial charge in [0.2, 0.25) is 11.8 Å². The number of carbonyl (C=O) groups is 1. The molecular weight excluding hydrogens is 328 g/mol. The van der Waals surface area contributed by atoms with Gasteiger partial charge in [0, 0.05) is 25.3 Å². The van der Waals surface area contributed by atoms with Crippen molar-refractivity contribution in [3.63, 3.8) is 0 Å². The SMILES string of the molecule is CCc1ccc(C(CNC(=O)CCc2nc(C(C)C)no2)N(C)C)cc1. The van der Waals surface area contributed by atoms with Crippen LogP contribution in [0, 0.1) is 0 Å². The molecule has 1 aromatic carbocycles. The van der Waals surface area contributed by atoms with Crippen molar-refractivity contribution in [3.8, 4) is 0 Å². The van der Waals surface area contributed by atoms with E-state index < -0.39 is 0 Å². The maximum atomic E-state index is 12.2. The molecule has 26 heavy (non-hydrogen) atoms. The van der Waals surface area contributed by atoms with E-state index in [9.17, 15) is 4.79 Å². The van der Waals surface area contributed by atoms with Crippen LogP contribution in [0.25, 0.3) is 0 Å². The molecule has 6 heteroatoms. The maximum absolute atomic E-state index is 12.2. The number of nitrogens with one attached hydrogen (secondary N) is 1. The molecule has 0 radical (unpaired) electrons. The number of nitrogens with zero attached hydrogens (tertiary/aromatic N) is 3. The zero-order valence-electron chi connectivity index (χ0n) is 16.5. The molecule has 0 aliphatic rings. The molecular formula is C20H30N4O2. The van der Waals surface area contributed by atoms with Gasteiger partial charge in [0.25, 0.3) is 0 Å². The average molecular weight is 358 g/mol. The van der Waals surface area contributed by atoms with E-state index in [0.29, 0.717) is 31.1 Å². The summed E-state index contributed by atoms with van der Waals surface area (Å²) in [5.74, 6) is 1.42. The summed E-state index contributed by atoms with van der Waals surface area (Å²) in [6.45, 7) is 6.73. The van der Waals surface area contributed by atoms with Crippen molar-refractivity contribution in [1.29, 1.82) is 0 Å². The van der Waals surface area contributed by atoms with Crippen LogP contribution in [0.5, 0.6) is 0 Å².